The number of carboxylic acids is 2. The van der Waals surface area contributed by atoms with E-state index in [0.717, 1.165) is 0 Å². The SMILES string of the molecule is CC(C)C[C@H]1NCC(=O)NNC(Cc2ccc(O)cc2)C(=O)N[C@@H](Cc2ccccc2)C(=O)NC(CC(=O)O)C(=O)N[C@@H](CC(=O)O)C(=O)NC(CO)C(=O)N[C@@H](CO)C(=O)NC(CC(N)=O)C(=O)N[C@@H](C(C)C)C(=O)C1=O. The van der Waals surface area contributed by atoms with Gasteiger partial charge in [-0.05, 0) is 47.9 Å². The Hall–Kier alpha value is -8.41. The summed E-state index contributed by atoms with van der Waals surface area (Å²) in [6.45, 7) is 3.14. The fourth-order valence-corrected chi connectivity index (χ4v) is 7.63. The van der Waals surface area contributed by atoms with E-state index in [9.17, 15) is 87.9 Å². The maximum Gasteiger partial charge on any atom is 0.305 e. The molecule has 1 aliphatic rings. The fourth-order valence-electron chi connectivity index (χ4n) is 7.63. The molecule has 0 spiro atoms. The number of rotatable bonds is 15. The van der Waals surface area contributed by atoms with Gasteiger partial charge in [-0.15, -0.1) is 0 Å². The Morgan fingerprint density at radius 2 is 0.936 bits per heavy atom. The van der Waals surface area contributed by atoms with Gasteiger partial charge in [0.2, 0.25) is 64.7 Å². The zero-order valence-electron chi connectivity index (χ0n) is 43.0. The fraction of sp³-hybridized carbons (Fsp3) is 0.490. The smallest absolute Gasteiger partial charge is 0.305 e. The minimum absolute atomic E-state index is 0.0336. The van der Waals surface area contributed by atoms with Gasteiger partial charge in [0.25, 0.3) is 0 Å². The van der Waals surface area contributed by atoms with Crippen molar-refractivity contribution in [3.63, 3.8) is 0 Å². The van der Waals surface area contributed by atoms with Crippen molar-refractivity contribution in [2.45, 2.75) is 121 Å². The number of aromatic hydroxyl groups is 1. The second kappa shape index (κ2) is 31.0. The number of benzene rings is 2. The molecule has 0 saturated carbocycles. The summed E-state index contributed by atoms with van der Waals surface area (Å²) in [5, 5.41) is 67.5. The second-order valence-electron chi connectivity index (χ2n) is 18.9. The quantitative estimate of drug-likeness (QED) is 0.0739. The number of Topliss-reactive ketones (excluding diaryl/α,β-unsaturated/α-hetero) is 2. The normalized spacial score (nSPS) is 24.5. The largest absolute Gasteiger partial charge is 0.508 e. The van der Waals surface area contributed by atoms with Crippen LogP contribution in [0, 0.1) is 11.8 Å². The van der Waals surface area contributed by atoms with Gasteiger partial charge < -0.3 is 68.5 Å². The average molecular weight is 1100 g/mol. The highest BCUT2D eigenvalue weighted by Gasteiger charge is 2.39. The number of primary amides is 1. The number of hydrogen-bond acceptors (Lipinski definition) is 18. The number of carbonyl (C=O) groups excluding carboxylic acids is 11. The number of aliphatic carboxylic acids is 2. The minimum Gasteiger partial charge on any atom is -0.508 e. The number of ketones is 2. The summed E-state index contributed by atoms with van der Waals surface area (Å²) in [6, 6.07) is -2.93. The Labute approximate surface area is 446 Å². The Morgan fingerprint density at radius 3 is 1.40 bits per heavy atom. The molecule has 3 rings (SSSR count). The lowest BCUT2D eigenvalue weighted by Gasteiger charge is -2.28. The van der Waals surface area contributed by atoms with Gasteiger partial charge in [-0.3, -0.25) is 73.1 Å². The van der Waals surface area contributed by atoms with Crippen LogP contribution in [0.15, 0.2) is 54.6 Å². The Balaban J connectivity index is 2.18. The van der Waals surface area contributed by atoms with Gasteiger partial charge in [0.05, 0.1) is 51.1 Å². The molecule has 1 aliphatic heterocycles. The summed E-state index contributed by atoms with van der Waals surface area (Å²) in [5.74, 6) is -18.2. The highest BCUT2D eigenvalue weighted by atomic mass is 16.4. The molecule has 17 N–H and O–H groups in total. The van der Waals surface area contributed by atoms with Gasteiger partial charge in [0, 0.05) is 6.42 Å². The van der Waals surface area contributed by atoms with Crippen molar-refractivity contribution in [1.82, 2.24) is 53.4 Å². The molecule has 2 aromatic rings. The summed E-state index contributed by atoms with van der Waals surface area (Å²) >= 11 is 0. The van der Waals surface area contributed by atoms with Crippen molar-refractivity contribution in [3.8, 4) is 5.75 Å². The first kappa shape index (κ1) is 63.9. The van der Waals surface area contributed by atoms with Crippen LogP contribution in [0.2, 0.25) is 0 Å². The average Bonchev–Trinajstić information content (AvgIpc) is 3.37. The zero-order valence-corrected chi connectivity index (χ0v) is 43.0. The van der Waals surface area contributed by atoms with E-state index in [-0.39, 0.29) is 30.9 Å². The molecule has 0 aromatic heterocycles. The van der Waals surface area contributed by atoms with Crippen molar-refractivity contribution in [2.24, 2.45) is 17.6 Å². The monoisotopic (exact) mass is 1100 g/mol. The van der Waals surface area contributed by atoms with Gasteiger partial charge >= 0.3 is 11.9 Å². The molecule has 4 unspecified atom stereocenters. The number of hydrazine groups is 1. The third-order valence-electron chi connectivity index (χ3n) is 11.7. The number of aliphatic hydroxyl groups excluding tert-OH is 2. The molecule has 1 saturated heterocycles. The number of aliphatic hydroxyl groups is 2. The van der Waals surface area contributed by atoms with Crippen LogP contribution >= 0.6 is 0 Å². The molecule has 1 fully saturated rings. The third-order valence-corrected chi connectivity index (χ3v) is 11.7. The van der Waals surface area contributed by atoms with E-state index in [1.165, 1.54) is 38.1 Å². The lowest BCUT2D eigenvalue weighted by molar-refractivity contribution is -0.143. The van der Waals surface area contributed by atoms with E-state index < -0.39 is 176 Å². The summed E-state index contributed by atoms with van der Waals surface area (Å²) < 4.78 is 0. The predicted molar refractivity (Wildman–Crippen MR) is 269 cm³/mol. The van der Waals surface area contributed by atoms with E-state index >= 15 is 0 Å². The number of hydrogen-bond donors (Lipinski definition) is 16. The maximum atomic E-state index is 14.3. The molecule has 0 bridgehead atoms. The number of carbonyl (C=O) groups is 13. The van der Waals surface area contributed by atoms with Gasteiger partial charge in [0.1, 0.15) is 48.0 Å². The van der Waals surface area contributed by atoms with Gasteiger partial charge in [0.15, 0.2) is 0 Å². The third kappa shape index (κ3) is 21.0. The van der Waals surface area contributed by atoms with Crippen LogP contribution in [0.5, 0.6) is 5.75 Å². The lowest BCUT2D eigenvalue weighted by atomic mass is 9.90. The highest BCUT2D eigenvalue weighted by Crippen LogP contribution is 2.14. The Bertz CT molecular complexity index is 2510. The summed E-state index contributed by atoms with van der Waals surface area (Å²) in [4.78, 5) is 174. The van der Waals surface area contributed by atoms with Crippen LogP contribution in [0.25, 0.3) is 0 Å². The Kier molecular flexibility index (Phi) is 25.4. The standard InChI is InChI=1S/C49H67N11O18/c1-23(2)14-28-41(70)42(71)40(24(3)4)58-46(75)30(17-36(50)64)53-48(77)34(21-61)57-49(78)35(22-62)56-45(74)32(19-39(68)69)55-44(73)31(18-38(66)67)54-43(72)29(15-25-8-6-5-7-9-25)52-47(76)33(59-60-37(65)20-51-28)16-26-10-12-27(63)13-11-26/h5-13,23-24,28-35,40,51,59,61-63H,14-22H2,1-4H3,(H2,50,64)(H,52,76)(H,53,77)(H,54,72)(H,55,73)(H,56,74)(H,57,78)(H,58,75)(H,60,65)(H,66,67)(H,68,69)/t28-,29+,30?,31?,32+,33?,34+,35?,40+/m1/s1. The lowest BCUT2D eigenvalue weighted by Crippen LogP contribution is -2.62. The van der Waals surface area contributed by atoms with Crippen LogP contribution in [-0.4, -0.2) is 176 Å². The first-order valence-corrected chi connectivity index (χ1v) is 24.5. The van der Waals surface area contributed by atoms with Crippen molar-refractivity contribution in [2.75, 3.05) is 19.8 Å². The summed E-state index contributed by atoms with van der Waals surface area (Å²) in [5.41, 5.74) is 11.1. The van der Waals surface area contributed by atoms with Crippen molar-refractivity contribution < 1.29 is 87.9 Å². The summed E-state index contributed by atoms with van der Waals surface area (Å²) in [7, 11) is 0. The van der Waals surface area contributed by atoms with E-state index in [2.05, 4.69) is 37.4 Å². The Morgan fingerprint density at radius 1 is 0.526 bits per heavy atom. The number of nitrogens with one attached hydrogen (secondary N) is 10. The van der Waals surface area contributed by atoms with Gasteiger partial charge in [-0.25, -0.2) is 5.43 Å². The summed E-state index contributed by atoms with van der Waals surface area (Å²) in [6.07, 6.45) is -3.97. The molecule has 426 valence electrons. The molecule has 29 heteroatoms. The molecule has 1 heterocycles. The first-order valence-electron chi connectivity index (χ1n) is 24.5. The number of phenols is 1. The number of phenolic OH excluding ortho intramolecular Hbond substituents is 1. The van der Waals surface area contributed by atoms with Crippen LogP contribution in [0.1, 0.15) is 64.5 Å². The molecular formula is C49H67N11O18. The topological polar surface area (TPSA) is 469 Å². The van der Waals surface area contributed by atoms with Gasteiger partial charge in [-0.2, -0.15) is 0 Å². The molecule has 0 radical (unpaired) electrons. The minimum atomic E-state index is -2.18. The van der Waals surface area contributed by atoms with Crippen LogP contribution in [-0.2, 0) is 75.2 Å². The molecule has 9 atom stereocenters. The number of carboxylic acid groups (broad SMARTS) is 2. The molecule has 78 heavy (non-hydrogen) atoms. The van der Waals surface area contributed by atoms with Crippen molar-refractivity contribution >= 4 is 76.7 Å². The van der Waals surface area contributed by atoms with E-state index in [0.29, 0.717) is 11.1 Å². The molecular weight excluding hydrogens is 1030 g/mol. The number of amides is 9. The zero-order chi connectivity index (χ0) is 58.4. The molecule has 0 aliphatic carbocycles. The maximum absolute atomic E-state index is 14.3. The molecule has 9 amide bonds. The highest BCUT2D eigenvalue weighted by molar-refractivity contribution is 6.41. The van der Waals surface area contributed by atoms with Crippen molar-refractivity contribution in [1.29, 1.82) is 0 Å². The predicted octanol–water partition coefficient (Wildman–Crippen LogP) is -5.82. The van der Waals surface area contributed by atoms with Crippen LogP contribution in [0.4, 0.5) is 0 Å². The second-order valence-corrected chi connectivity index (χ2v) is 18.9. The van der Waals surface area contributed by atoms with Crippen LogP contribution < -0.4 is 59.1 Å². The van der Waals surface area contributed by atoms with E-state index in [4.69, 9.17) is 5.73 Å². The van der Waals surface area contributed by atoms with E-state index in [1.807, 2.05) is 16.0 Å². The molecule has 29 nitrogen and oxygen atoms in total. The van der Waals surface area contributed by atoms with E-state index in [1.54, 1.807) is 44.2 Å². The van der Waals surface area contributed by atoms with Crippen molar-refractivity contribution in [3.05, 3.63) is 65.7 Å². The number of nitrogens with two attached hydrogens (primary N) is 1. The molecule has 2 aromatic carbocycles. The van der Waals surface area contributed by atoms with Crippen LogP contribution in [0.3, 0.4) is 0 Å². The van der Waals surface area contributed by atoms with Gasteiger partial charge in [-0.1, -0.05) is 70.2 Å². The first-order chi connectivity index (χ1) is 36.7.